The average molecular weight is 265 g/mol. The molecule has 1 heterocycles. The topological polar surface area (TPSA) is 58.7 Å². The lowest BCUT2D eigenvalue weighted by atomic mass is 9.91. The van der Waals surface area contributed by atoms with Crippen molar-refractivity contribution in [3.63, 3.8) is 0 Å². The van der Waals surface area contributed by atoms with Gasteiger partial charge < -0.3 is 10.6 Å². The summed E-state index contributed by atoms with van der Waals surface area (Å²) < 4.78 is 36.4. The number of hydrogen-bond acceptors (Lipinski definition) is 2. The molecule has 2 N–H and O–H groups in total. The van der Waals surface area contributed by atoms with Gasteiger partial charge in [0.2, 0.25) is 0 Å². The minimum Gasteiger partial charge on any atom is -0.385 e. The van der Waals surface area contributed by atoms with E-state index in [9.17, 15) is 18.0 Å². The highest BCUT2D eigenvalue weighted by Gasteiger charge is 2.45. The number of alkyl halides is 3. The van der Waals surface area contributed by atoms with E-state index in [1.807, 2.05) is 0 Å². The Balaban J connectivity index is 2.76. The molecule has 7 heteroatoms. The SMILES string of the molecule is CC(C)N1C(=O)N=C(N)C1(C)CCCC(F)(F)F. The van der Waals surface area contributed by atoms with Crippen LogP contribution in [0.15, 0.2) is 4.99 Å². The van der Waals surface area contributed by atoms with Gasteiger partial charge in [0, 0.05) is 12.5 Å². The number of rotatable bonds is 4. The third-order valence-electron chi connectivity index (χ3n) is 3.15. The molecule has 1 rings (SSSR count). The fourth-order valence-corrected chi connectivity index (χ4v) is 2.28. The average Bonchev–Trinajstić information content (AvgIpc) is 2.34. The van der Waals surface area contributed by atoms with E-state index < -0.39 is 24.2 Å². The number of halogens is 3. The molecule has 1 aliphatic heterocycles. The third kappa shape index (κ3) is 2.94. The summed E-state index contributed by atoms with van der Waals surface area (Å²) in [6.07, 6.45) is -4.98. The number of nitrogens with zero attached hydrogens (tertiary/aromatic N) is 2. The molecule has 0 aliphatic carbocycles. The van der Waals surface area contributed by atoms with Crippen molar-refractivity contribution < 1.29 is 18.0 Å². The van der Waals surface area contributed by atoms with Gasteiger partial charge in [0.25, 0.3) is 0 Å². The van der Waals surface area contributed by atoms with Crippen LogP contribution in [-0.4, -0.2) is 34.5 Å². The van der Waals surface area contributed by atoms with Crippen molar-refractivity contribution in [1.29, 1.82) is 0 Å². The summed E-state index contributed by atoms with van der Waals surface area (Å²) in [5, 5.41) is 0. The lowest BCUT2D eigenvalue weighted by Crippen LogP contribution is -2.54. The fraction of sp³-hybridized carbons (Fsp3) is 0.818. The van der Waals surface area contributed by atoms with Crippen LogP contribution in [0, 0.1) is 0 Å². The second kappa shape index (κ2) is 4.78. The normalized spacial score (nSPS) is 24.9. The van der Waals surface area contributed by atoms with E-state index in [0.717, 1.165) is 0 Å². The Morgan fingerprint density at radius 1 is 1.44 bits per heavy atom. The first-order valence-corrected chi connectivity index (χ1v) is 5.82. The van der Waals surface area contributed by atoms with Crippen molar-refractivity contribution in [3.8, 4) is 0 Å². The number of nitrogens with two attached hydrogens (primary N) is 1. The second-order valence-corrected chi connectivity index (χ2v) is 4.99. The van der Waals surface area contributed by atoms with Gasteiger partial charge in [-0.3, -0.25) is 0 Å². The molecule has 0 radical (unpaired) electrons. The van der Waals surface area contributed by atoms with E-state index in [1.54, 1.807) is 20.8 Å². The molecular formula is C11H18F3N3O. The van der Waals surface area contributed by atoms with E-state index in [1.165, 1.54) is 4.90 Å². The van der Waals surface area contributed by atoms with Gasteiger partial charge >= 0.3 is 12.2 Å². The van der Waals surface area contributed by atoms with Crippen LogP contribution >= 0.6 is 0 Å². The van der Waals surface area contributed by atoms with Crippen LogP contribution < -0.4 is 5.73 Å². The predicted octanol–water partition coefficient (Wildman–Crippen LogP) is 2.68. The Bertz CT molecular complexity index is 365. The lowest BCUT2D eigenvalue weighted by molar-refractivity contribution is -0.136. The number of amides is 2. The monoisotopic (exact) mass is 265 g/mol. The van der Waals surface area contributed by atoms with E-state index >= 15 is 0 Å². The van der Waals surface area contributed by atoms with Crippen molar-refractivity contribution in [3.05, 3.63) is 0 Å². The van der Waals surface area contributed by atoms with E-state index in [2.05, 4.69) is 4.99 Å². The van der Waals surface area contributed by atoms with Crippen LogP contribution in [0.4, 0.5) is 18.0 Å². The zero-order chi connectivity index (χ0) is 14.1. The van der Waals surface area contributed by atoms with Crippen LogP contribution in [0.1, 0.15) is 40.0 Å². The summed E-state index contributed by atoms with van der Waals surface area (Å²) in [5.41, 5.74) is 4.78. The molecule has 18 heavy (non-hydrogen) atoms. The molecule has 2 amide bonds. The van der Waals surface area contributed by atoms with Gasteiger partial charge in [-0.2, -0.15) is 18.2 Å². The van der Waals surface area contributed by atoms with Gasteiger partial charge in [-0.15, -0.1) is 0 Å². The maximum atomic E-state index is 12.1. The van der Waals surface area contributed by atoms with Crippen LogP contribution in [0.2, 0.25) is 0 Å². The number of carbonyl (C=O) groups excluding carboxylic acids is 1. The second-order valence-electron chi connectivity index (χ2n) is 4.99. The van der Waals surface area contributed by atoms with Gasteiger partial charge in [-0.05, 0) is 33.6 Å². The van der Waals surface area contributed by atoms with Crippen LogP contribution in [-0.2, 0) is 0 Å². The Morgan fingerprint density at radius 2 is 2.00 bits per heavy atom. The molecular weight excluding hydrogens is 247 g/mol. The molecule has 4 nitrogen and oxygen atoms in total. The summed E-state index contributed by atoms with van der Waals surface area (Å²) in [5.74, 6) is 0.100. The molecule has 0 saturated heterocycles. The van der Waals surface area contributed by atoms with Crippen LogP contribution in [0.3, 0.4) is 0 Å². The summed E-state index contributed by atoms with van der Waals surface area (Å²) in [6, 6.07) is -0.629. The van der Waals surface area contributed by atoms with E-state index in [0.29, 0.717) is 0 Å². The smallest absolute Gasteiger partial charge is 0.385 e. The summed E-state index contributed by atoms with van der Waals surface area (Å²) >= 11 is 0. The van der Waals surface area contributed by atoms with Crippen molar-refractivity contribution in [2.75, 3.05) is 0 Å². The van der Waals surface area contributed by atoms with Gasteiger partial charge in [-0.1, -0.05) is 0 Å². The van der Waals surface area contributed by atoms with Gasteiger partial charge in [0.05, 0.1) is 5.54 Å². The maximum absolute atomic E-state index is 12.1. The summed E-state index contributed by atoms with van der Waals surface area (Å²) in [6.45, 7) is 5.23. The zero-order valence-electron chi connectivity index (χ0n) is 10.7. The van der Waals surface area contributed by atoms with Crippen molar-refractivity contribution in [1.82, 2.24) is 4.90 Å². The number of hydrogen-bond donors (Lipinski definition) is 1. The van der Waals surface area contributed by atoms with Crippen molar-refractivity contribution in [2.24, 2.45) is 10.7 Å². The Kier molecular flexibility index (Phi) is 3.92. The highest BCUT2D eigenvalue weighted by Crippen LogP contribution is 2.32. The number of aliphatic imine (C=N–C) groups is 1. The molecule has 0 aromatic carbocycles. The Morgan fingerprint density at radius 3 is 2.44 bits per heavy atom. The fourth-order valence-electron chi connectivity index (χ4n) is 2.28. The summed E-state index contributed by atoms with van der Waals surface area (Å²) in [4.78, 5) is 16.7. The zero-order valence-corrected chi connectivity index (χ0v) is 10.7. The first kappa shape index (κ1) is 14.8. The summed E-state index contributed by atoms with van der Waals surface area (Å²) in [7, 11) is 0. The molecule has 0 spiro atoms. The highest BCUT2D eigenvalue weighted by atomic mass is 19.4. The molecule has 104 valence electrons. The third-order valence-corrected chi connectivity index (χ3v) is 3.15. The van der Waals surface area contributed by atoms with Gasteiger partial charge in [0.15, 0.2) is 0 Å². The van der Waals surface area contributed by atoms with E-state index in [4.69, 9.17) is 5.73 Å². The molecule has 0 aromatic rings. The number of carbonyl (C=O) groups is 1. The van der Waals surface area contributed by atoms with Crippen LogP contribution in [0.5, 0.6) is 0 Å². The Labute approximate surface area is 104 Å². The molecule has 1 unspecified atom stereocenters. The molecule has 0 aromatic heterocycles. The van der Waals surface area contributed by atoms with Crippen molar-refractivity contribution >= 4 is 11.9 Å². The standard InChI is InChI=1S/C11H18F3N3O/c1-7(2)17-9(18)16-8(15)10(17,3)5-4-6-11(12,13)14/h7H,4-6H2,1-3H3,(H2,15,16,18). The van der Waals surface area contributed by atoms with Crippen LogP contribution in [0.25, 0.3) is 0 Å². The van der Waals surface area contributed by atoms with Crippen molar-refractivity contribution in [2.45, 2.75) is 57.8 Å². The molecule has 1 aliphatic rings. The van der Waals surface area contributed by atoms with Gasteiger partial charge in [0.1, 0.15) is 5.84 Å². The predicted molar refractivity (Wildman–Crippen MR) is 62.3 cm³/mol. The quantitative estimate of drug-likeness (QED) is 0.849. The molecule has 0 bridgehead atoms. The number of amidine groups is 1. The Hall–Kier alpha value is -1.27. The minimum atomic E-state index is -4.19. The van der Waals surface area contributed by atoms with Gasteiger partial charge in [-0.25, -0.2) is 4.79 Å². The molecule has 1 atom stereocenters. The maximum Gasteiger partial charge on any atom is 0.389 e. The first-order valence-electron chi connectivity index (χ1n) is 5.82. The lowest BCUT2D eigenvalue weighted by Gasteiger charge is -2.37. The first-order chi connectivity index (χ1) is 8.08. The molecule has 0 fully saturated rings. The number of urea groups is 1. The molecule has 0 saturated carbocycles. The van der Waals surface area contributed by atoms with E-state index in [-0.39, 0.29) is 24.7 Å². The minimum absolute atomic E-state index is 0.0767. The highest BCUT2D eigenvalue weighted by molar-refractivity contribution is 6.05. The largest absolute Gasteiger partial charge is 0.389 e.